The molecule has 1 aromatic heterocycles. The van der Waals surface area contributed by atoms with Gasteiger partial charge in [0.15, 0.2) is 16.6 Å². The van der Waals surface area contributed by atoms with Crippen LogP contribution in [-0.2, 0) is 14.3 Å². The lowest BCUT2D eigenvalue weighted by Crippen LogP contribution is -2.29. The molecule has 1 fully saturated rings. The fourth-order valence-electron chi connectivity index (χ4n) is 4.82. The highest BCUT2D eigenvalue weighted by Gasteiger charge is 2.48. The summed E-state index contributed by atoms with van der Waals surface area (Å²) in [5.41, 5.74) is 1.02. The van der Waals surface area contributed by atoms with Gasteiger partial charge in [-0.1, -0.05) is 56.7 Å². The van der Waals surface area contributed by atoms with Crippen LogP contribution in [0.2, 0.25) is 0 Å². The van der Waals surface area contributed by atoms with Crippen LogP contribution in [0.3, 0.4) is 0 Å². The summed E-state index contributed by atoms with van der Waals surface area (Å²) < 4.78 is 22.6. The molecule has 45 heavy (non-hydrogen) atoms. The van der Waals surface area contributed by atoms with Crippen molar-refractivity contribution in [2.45, 2.75) is 59.9 Å². The number of anilines is 1. The summed E-state index contributed by atoms with van der Waals surface area (Å²) in [7, 11) is 1.51. The number of hydrogen-bond donors (Lipinski definition) is 1. The number of aliphatic hydroxyl groups is 1. The number of aryl methyl sites for hydroxylation is 1. The third kappa shape index (κ3) is 7.47. The van der Waals surface area contributed by atoms with Gasteiger partial charge in [-0.2, -0.15) is 0 Å². The first-order valence-electron chi connectivity index (χ1n) is 15.1. The Balaban J connectivity index is 1.86. The number of esters is 1. The number of Topliss-reactive ketones (excluding diaryl/α,β-unsaturated/α-hetero) is 1. The summed E-state index contributed by atoms with van der Waals surface area (Å²) >= 11 is 0.946. The number of amides is 1. The molecule has 240 valence electrons. The number of carbonyl (C=O) groups excluding carboxylic acids is 3. The van der Waals surface area contributed by atoms with Crippen LogP contribution in [0, 0.1) is 12.8 Å². The molecular formula is C34H40N2O8S. The molecular weight excluding hydrogens is 596 g/mol. The third-order valence-corrected chi connectivity index (χ3v) is 8.36. The maximum atomic E-state index is 13.7. The molecule has 1 atom stereocenters. The molecule has 10 nitrogen and oxygen atoms in total. The van der Waals surface area contributed by atoms with Crippen molar-refractivity contribution >= 4 is 39.9 Å². The standard InChI is InChI=1S/C34H40N2O8S/c1-7-9-16-43-24-12-10-11-23(18-24)29(37)27-28(22-13-14-25(26(19-22)41-6)44-17-15-20(3)4)36(32(39)30(27)38)34-35-21(5)31(45-34)33(40)42-8-2/h10-14,18-20,28,37H,7-9,15-17H2,1-6H3. The highest BCUT2D eigenvalue weighted by molar-refractivity contribution is 7.17. The van der Waals surface area contributed by atoms with Crippen molar-refractivity contribution in [3.8, 4) is 17.2 Å². The number of ether oxygens (including phenoxy) is 4. The lowest BCUT2D eigenvalue weighted by Gasteiger charge is -2.24. The number of aromatic nitrogens is 1. The van der Waals surface area contributed by atoms with E-state index < -0.39 is 23.7 Å². The van der Waals surface area contributed by atoms with Crippen LogP contribution in [0.25, 0.3) is 5.76 Å². The topological polar surface area (TPSA) is 124 Å². The van der Waals surface area contributed by atoms with E-state index in [2.05, 4.69) is 25.8 Å². The molecule has 3 aromatic rings. The van der Waals surface area contributed by atoms with E-state index in [-0.39, 0.29) is 27.9 Å². The number of aliphatic hydroxyl groups excluding tert-OH is 1. The molecule has 2 aromatic carbocycles. The Morgan fingerprint density at radius 3 is 2.53 bits per heavy atom. The normalized spacial score (nSPS) is 15.9. The van der Waals surface area contributed by atoms with Gasteiger partial charge in [0.05, 0.1) is 44.2 Å². The van der Waals surface area contributed by atoms with Crippen LogP contribution in [0.1, 0.15) is 79.5 Å². The molecule has 1 amide bonds. The van der Waals surface area contributed by atoms with E-state index in [1.165, 1.54) is 12.0 Å². The summed E-state index contributed by atoms with van der Waals surface area (Å²) in [6.45, 7) is 10.8. The zero-order valence-corrected chi connectivity index (χ0v) is 27.4. The minimum absolute atomic E-state index is 0.120. The monoisotopic (exact) mass is 636 g/mol. The molecule has 1 saturated heterocycles. The van der Waals surface area contributed by atoms with Crippen LogP contribution >= 0.6 is 11.3 Å². The molecule has 2 heterocycles. The molecule has 0 spiro atoms. The largest absolute Gasteiger partial charge is 0.507 e. The summed E-state index contributed by atoms with van der Waals surface area (Å²) in [6.07, 6.45) is 2.67. The molecule has 1 unspecified atom stereocenters. The number of carbonyl (C=O) groups is 3. The summed E-state index contributed by atoms with van der Waals surface area (Å²) in [5.74, 6) is -0.840. The van der Waals surface area contributed by atoms with Gasteiger partial charge < -0.3 is 24.1 Å². The lowest BCUT2D eigenvalue weighted by molar-refractivity contribution is -0.132. The molecule has 11 heteroatoms. The molecule has 0 aliphatic carbocycles. The fraction of sp³-hybridized carbons (Fsp3) is 0.412. The van der Waals surface area contributed by atoms with Gasteiger partial charge in [-0.25, -0.2) is 9.78 Å². The molecule has 0 radical (unpaired) electrons. The fourth-order valence-corrected chi connectivity index (χ4v) is 5.81. The maximum absolute atomic E-state index is 13.7. The SMILES string of the molecule is CCCCOc1cccc(C(O)=C2C(=O)C(=O)N(c3nc(C)c(C(=O)OCC)s3)C2c2ccc(OCCC(C)C)c(OC)c2)c1. The Kier molecular flexibility index (Phi) is 11.2. The average molecular weight is 637 g/mol. The number of ketones is 1. The van der Waals surface area contributed by atoms with E-state index in [0.29, 0.717) is 53.2 Å². The van der Waals surface area contributed by atoms with Crippen molar-refractivity contribution in [2.75, 3.05) is 31.8 Å². The molecule has 0 saturated carbocycles. The van der Waals surface area contributed by atoms with Gasteiger partial charge in [0, 0.05) is 5.56 Å². The van der Waals surface area contributed by atoms with Gasteiger partial charge >= 0.3 is 11.9 Å². The van der Waals surface area contributed by atoms with E-state index in [1.807, 2.05) is 0 Å². The van der Waals surface area contributed by atoms with Crippen molar-refractivity contribution < 1.29 is 38.4 Å². The van der Waals surface area contributed by atoms with Crippen molar-refractivity contribution in [1.29, 1.82) is 0 Å². The van der Waals surface area contributed by atoms with Crippen molar-refractivity contribution in [3.63, 3.8) is 0 Å². The number of rotatable bonds is 14. The van der Waals surface area contributed by atoms with Gasteiger partial charge in [0.2, 0.25) is 0 Å². The zero-order valence-electron chi connectivity index (χ0n) is 26.5. The quantitative estimate of drug-likeness (QED) is 0.0664. The van der Waals surface area contributed by atoms with Crippen LogP contribution in [0.15, 0.2) is 48.0 Å². The molecule has 0 bridgehead atoms. The zero-order chi connectivity index (χ0) is 32.7. The summed E-state index contributed by atoms with van der Waals surface area (Å²) in [6, 6.07) is 10.8. The number of unbranched alkanes of at least 4 members (excludes halogenated alkanes) is 1. The average Bonchev–Trinajstić information content (AvgIpc) is 3.53. The Bertz CT molecular complexity index is 1580. The number of nitrogens with zero attached hydrogens (tertiary/aromatic N) is 2. The van der Waals surface area contributed by atoms with E-state index in [9.17, 15) is 19.5 Å². The van der Waals surface area contributed by atoms with Crippen molar-refractivity contribution in [3.05, 3.63) is 69.7 Å². The maximum Gasteiger partial charge on any atom is 0.350 e. The van der Waals surface area contributed by atoms with Crippen LogP contribution in [-0.4, -0.2) is 54.7 Å². The molecule has 4 rings (SSSR count). The van der Waals surface area contributed by atoms with E-state index in [0.717, 1.165) is 30.6 Å². The Labute approximate surface area is 267 Å². The lowest BCUT2D eigenvalue weighted by atomic mass is 9.95. The van der Waals surface area contributed by atoms with E-state index >= 15 is 0 Å². The van der Waals surface area contributed by atoms with Gasteiger partial charge in [0.1, 0.15) is 16.4 Å². The van der Waals surface area contributed by atoms with Crippen molar-refractivity contribution in [2.24, 2.45) is 5.92 Å². The first kappa shape index (κ1) is 33.5. The Hall–Kier alpha value is -4.38. The minimum Gasteiger partial charge on any atom is -0.507 e. The highest BCUT2D eigenvalue weighted by atomic mass is 32.1. The molecule has 1 aliphatic heterocycles. The molecule has 1 aliphatic rings. The second-order valence-corrected chi connectivity index (χ2v) is 11.9. The van der Waals surface area contributed by atoms with Gasteiger partial charge in [-0.3, -0.25) is 14.5 Å². The first-order valence-corrected chi connectivity index (χ1v) is 15.9. The molecule has 1 N–H and O–H groups in total. The number of benzene rings is 2. The summed E-state index contributed by atoms with van der Waals surface area (Å²) in [4.78, 5) is 46.0. The van der Waals surface area contributed by atoms with Gasteiger partial charge in [-0.05, 0) is 62.4 Å². The predicted molar refractivity (Wildman–Crippen MR) is 172 cm³/mol. The van der Waals surface area contributed by atoms with Gasteiger partial charge in [-0.15, -0.1) is 0 Å². The van der Waals surface area contributed by atoms with Crippen LogP contribution in [0.5, 0.6) is 17.2 Å². The second-order valence-electron chi connectivity index (χ2n) is 11.0. The van der Waals surface area contributed by atoms with Crippen LogP contribution < -0.4 is 19.1 Å². The summed E-state index contributed by atoms with van der Waals surface area (Å²) in [5, 5.41) is 11.8. The van der Waals surface area contributed by atoms with Crippen molar-refractivity contribution in [1.82, 2.24) is 4.98 Å². The first-order chi connectivity index (χ1) is 21.6. The van der Waals surface area contributed by atoms with Crippen LogP contribution in [0.4, 0.5) is 5.13 Å². The van der Waals surface area contributed by atoms with Gasteiger partial charge in [0.25, 0.3) is 5.78 Å². The third-order valence-electron chi connectivity index (χ3n) is 7.23. The minimum atomic E-state index is -1.09. The number of thiazole rings is 1. The smallest absolute Gasteiger partial charge is 0.350 e. The number of methoxy groups -OCH3 is 1. The highest BCUT2D eigenvalue weighted by Crippen LogP contribution is 2.45. The second kappa shape index (κ2) is 15.1. The number of hydrogen-bond acceptors (Lipinski definition) is 10. The Morgan fingerprint density at radius 1 is 1.07 bits per heavy atom. The predicted octanol–water partition coefficient (Wildman–Crippen LogP) is 6.87. The van der Waals surface area contributed by atoms with E-state index in [4.69, 9.17) is 18.9 Å². The Morgan fingerprint density at radius 2 is 1.84 bits per heavy atom. The van der Waals surface area contributed by atoms with E-state index in [1.54, 1.807) is 56.3 Å².